The van der Waals surface area contributed by atoms with Gasteiger partial charge in [-0.15, -0.1) is 0 Å². The SMILES string of the molecule is O=C(CCN1CCC(Oc2ncccn2)CC1)Nc1cccc(Cl)c1. The minimum absolute atomic E-state index is 0.00155. The van der Waals surface area contributed by atoms with Crippen molar-refractivity contribution in [3.8, 4) is 6.01 Å². The zero-order valence-corrected chi connectivity index (χ0v) is 14.7. The van der Waals surface area contributed by atoms with Gasteiger partial charge in [-0.1, -0.05) is 17.7 Å². The summed E-state index contributed by atoms with van der Waals surface area (Å²) in [5.74, 6) is -0.00155. The van der Waals surface area contributed by atoms with E-state index in [0.29, 0.717) is 17.5 Å². The van der Waals surface area contributed by atoms with Crippen molar-refractivity contribution in [1.29, 1.82) is 0 Å². The monoisotopic (exact) mass is 360 g/mol. The lowest BCUT2D eigenvalue weighted by atomic mass is 10.1. The second-order valence-electron chi connectivity index (χ2n) is 6.00. The molecule has 0 unspecified atom stereocenters. The number of anilines is 1. The first kappa shape index (κ1) is 17.6. The number of aromatic nitrogens is 2. The summed E-state index contributed by atoms with van der Waals surface area (Å²) in [6, 6.07) is 9.38. The van der Waals surface area contributed by atoms with Crippen LogP contribution in [-0.2, 0) is 4.79 Å². The number of carbonyl (C=O) groups excluding carboxylic acids is 1. The first-order valence-electron chi connectivity index (χ1n) is 8.40. The summed E-state index contributed by atoms with van der Waals surface area (Å²) >= 11 is 5.92. The van der Waals surface area contributed by atoms with Crippen LogP contribution in [0.25, 0.3) is 0 Å². The van der Waals surface area contributed by atoms with E-state index in [4.69, 9.17) is 16.3 Å². The summed E-state index contributed by atoms with van der Waals surface area (Å²) in [5, 5.41) is 3.49. The Morgan fingerprint density at radius 1 is 1.24 bits per heavy atom. The molecule has 1 saturated heterocycles. The normalized spacial score (nSPS) is 15.7. The minimum atomic E-state index is -0.00155. The molecule has 0 atom stereocenters. The molecule has 1 aromatic carbocycles. The van der Waals surface area contributed by atoms with Crippen LogP contribution in [0.4, 0.5) is 5.69 Å². The van der Waals surface area contributed by atoms with Crippen LogP contribution >= 0.6 is 11.6 Å². The number of hydrogen-bond acceptors (Lipinski definition) is 5. The Labute approximate surface area is 152 Å². The molecule has 6 nitrogen and oxygen atoms in total. The van der Waals surface area contributed by atoms with Crippen LogP contribution in [0.2, 0.25) is 5.02 Å². The van der Waals surface area contributed by atoms with Gasteiger partial charge in [-0.05, 0) is 37.1 Å². The number of benzene rings is 1. The van der Waals surface area contributed by atoms with Gasteiger partial charge in [0.25, 0.3) is 0 Å². The first-order chi connectivity index (χ1) is 12.2. The zero-order valence-electron chi connectivity index (χ0n) is 13.9. The van der Waals surface area contributed by atoms with Crippen LogP contribution in [0, 0.1) is 0 Å². The molecule has 1 aromatic heterocycles. The van der Waals surface area contributed by atoms with E-state index in [1.54, 1.807) is 30.6 Å². The molecule has 132 valence electrons. The van der Waals surface area contributed by atoms with E-state index in [1.165, 1.54) is 0 Å². The molecule has 1 aliphatic rings. The average molecular weight is 361 g/mol. The first-order valence-corrected chi connectivity index (χ1v) is 8.78. The molecular weight excluding hydrogens is 340 g/mol. The van der Waals surface area contributed by atoms with Gasteiger partial charge in [0.05, 0.1) is 0 Å². The standard InChI is InChI=1S/C18H21ClN4O2/c19-14-3-1-4-15(13-14)22-17(24)7-12-23-10-5-16(6-11-23)25-18-20-8-2-9-21-18/h1-4,8-9,13,16H,5-7,10-12H2,(H,22,24). The van der Waals surface area contributed by atoms with Gasteiger partial charge in [0.15, 0.2) is 0 Å². The van der Waals surface area contributed by atoms with Crippen molar-refractivity contribution < 1.29 is 9.53 Å². The second kappa shape index (κ2) is 8.78. The fourth-order valence-electron chi connectivity index (χ4n) is 2.80. The predicted octanol–water partition coefficient (Wildman–Crippen LogP) is 3.00. The van der Waals surface area contributed by atoms with E-state index in [0.717, 1.165) is 38.2 Å². The number of rotatable bonds is 6. The number of carbonyl (C=O) groups is 1. The van der Waals surface area contributed by atoms with Crippen LogP contribution in [0.5, 0.6) is 6.01 Å². The number of amides is 1. The molecular formula is C18H21ClN4O2. The van der Waals surface area contributed by atoms with Gasteiger partial charge in [-0.3, -0.25) is 4.79 Å². The summed E-state index contributed by atoms with van der Waals surface area (Å²) < 4.78 is 5.78. The van der Waals surface area contributed by atoms with E-state index in [9.17, 15) is 4.79 Å². The molecule has 3 rings (SSSR count). The average Bonchev–Trinajstić information content (AvgIpc) is 2.62. The Bertz CT molecular complexity index is 690. The van der Waals surface area contributed by atoms with Gasteiger partial charge in [-0.2, -0.15) is 0 Å². The number of piperidine rings is 1. The predicted molar refractivity (Wildman–Crippen MR) is 96.8 cm³/mol. The highest BCUT2D eigenvalue weighted by atomic mass is 35.5. The van der Waals surface area contributed by atoms with Crippen molar-refractivity contribution in [3.05, 3.63) is 47.7 Å². The Kier molecular flexibility index (Phi) is 6.19. The van der Waals surface area contributed by atoms with E-state index >= 15 is 0 Å². The molecule has 1 N–H and O–H groups in total. The third kappa shape index (κ3) is 5.69. The van der Waals surface area contributed by atoms with E-state index in [2.05, 4.69) is 20.2 Å². The van der Waals surface area contributed by atoms with E-state index < -0.39 is 0 Å². The molecule has 2 aromatic rings. The van der Waals surface area contributed by atoms with Crippen molar-refractivity contribution in [1.82, 2.24) is 14.9 Å². The van der Waals surface area contributed by atoms with Crippen LogP contribution in [0.3, 0.4) is 0 Å². The maximum Gasteiger partial charge on any atom is 0.316 e. The topological polar surface area (TPSA) is 67.4 Å². The molecule has 1 amide bonds. The fourth-order valence-corrected chi connectivity index (χ4v) is 2.99. The number of hydrogen-bond donors (Lipinski definition) is 1. The molecule has 2 heterocycles. The molecule has 1 aliphatic heterocycles. The van der Waals surface area contributed by atoms with Crippen molar-refractivity contribution >= 4 is 23.2 Å². The maximum absolute atomic E-state index is 12.0. The molecule has 0 bridgehead atoms. The number of likely N-dealkylation sites (tertiary alicyclic amines) is 1. The molecule has 7 heteroatoms. The minimum Gasteiger partial charge on any atom is -0.460 e. The zero-order chi connectivity index (χ0) is 17.5. The van der Waals surface area contributed by atoms with Crippen LogP contribution in [-0.4, -0.2) is 46.5 Å². The Morgan fingerprint density at radius 2 is 2.00 bits per heavy atom. The smallest absolute Gasteiger partial charge is 0.316 e. The highest BCUT2D eigenvalue weighted by Gasteiger charge is 2.21. The highest BCUT2D eigenvalue weighted by molar-refractivity contribution is 6.30. The summed E-state index contributed by atoms with van der Waals surface area (Å²) in [6.07, 6.45) is 5.77. The van der Waals surface area contributed by atoms with Gasteiger partial charge in [0.2, 0.25) is 5.91 Å². The Balaban J connectivity index is 1.37. The van der Waals surface area contributed by atoms with Crippen LogP contribution < -0.4 is 10.1 Å². The largest absolute Gasteiger partial charge is 0.460 e. The number of nitrogens with zero attached hydrogens (tertiary/aromatic N) is 3. The van der Waals surface area contributed by atoms with Crippen molar-refractivity contribution in [3.63, 3.8) is 0 Å². The number of halogens is 1. The van der Waals surface area contributed by atoms with Crippen molar-refractivity contribution in [2.45, 2.75) is 25.4 Å². The molecule has 0 spiro atoms. The van der Waals surface area contributed by atoms with Crippen molar-refractivity contribution in [2.24, 2.45) is 0 Å². The Morgan fingerprint density at radius 3 is 2.72 bits per heavy atom. The summed E-state index contributed by atoms with van der Waals surface area (Å²) in [5.41, 5.74) is 0.729. The summed E-state index contributed by atoms with van der Waals surface area (Å²) in [7, 11) is 0. The Hall–Kier alpha value is -2.18. The molecule has 1 fully saturated rings. The quantitative estimate of drug-likeness (QED) is 0.857. The van der Waals surface area contributed by atoms with Gasteiger partial charge in [0.1, 0.15) is 6.10 Å². The third-order valence-corrected chi connectivity index (χ3v) is 4.35. The van der Waals surface area contributed by atoms with E-state index in [1.807, 2.05) is 12.1 Å². The number of nitrogens with one attached hydrogen (secondary N) is 1. The maximum atomic E-state index is 12.0. The summed E-state index contributed by atoms with van der Waals surface area (Å²) in [4.78, 5) is 22.5. The lowest BCUT2D eigenvalue weighted by Crippen LogP contribution is -2.39. The molecule has 25 heavy (non-hydrogen) atoms. The number of ether oxygens (including phenoxy) is 1. The van der Waals surface area contributed by atoms with Crippen LogP contribution in [0.15, 0.2) is 42.7 Å². The molecule has 0 radical (unpaired) electrons. The van der Waals surface area contributed by atoms with E-state index in [-0.39, 0.29) is 12.0 Å². The fraction of sp³-hybridized carbons (Fsp3) is 0.389. The highest BCUT2D eigenvalue weighted by Crippen LogP contribution is 2.17. The molecule has 0 saturated carbocycles. The van der Waals surface area contributed by atoms with Crippen LogP contribution in [0.1, 0.15) is 19.3 Å². The van der Waals surface area contributed by atoms with Gasteiger partial charge >= 0.3 is 6.01 Å². The summed E-state index contributed by atoms with van der Waals surface area (Å²) in [6.45, 7) is 2.55. The van der Waals surface area contributed by atoms with Gasteiger partial charge in [0, 0.05) is 49.2 Å². The van der Waals surface area contributed by atoms with Gasteiger partial charge in [-0.25, -0.2) is 9.97 Å². The lowest BCUT2D eigenvalue weighted by Gasteiger charge is -2.31. The molecule has 0 aliphatic carbocycles. The third-order valence-electron chi connectivity index (χ3n) is 4.11. The van der Waals surface area contributed by atoms with Crippen molar-refractivity contribution in [2.75, 3.05) is 25.0 Å². The van der Waals surface area contributed by atoms with Gasteiger partial charge < -0.3 is 15.0 Å². The lowest BCUT2D eigenvalue weighted by molar-refractivity contribution is -0.116. The second-order valence-corrected chi connectivity index (χ2v) is 6.44.